The van der Waals surface area contributed by atoms with Crippen molar-refractivity contribution < 1.29 is 18.0 Å². The molecule has 5 nitrogen and oxygen atoms in total. The number of halogens is 4. The highest BCUT2D eigenvalue weighted by Crippen LogP contribution is 2.35. The molecule has 0 bridgehead atoms. The maximum absolute atomic E-state index is 12.8. The van der Waals surface area contributed by atoms with E-state index in [0.29, 0.717) is 23.1 Å². The molecule has 1 N–H and O–H groups in total. The van der Waals surface area contributed by atoms with Crippen LogP contribution in [0.4, 0.5) is 19.0 Å². The lowest BCUT2D eigenvalue weighted by Gasteiger charge is -2.10. The van der Waals surface area contributed by atoms with Crippen LogP contribution in [0.5, 0.6) is 0 Å². The molecule has 24 heavy (non-hydrogen) atoms. The highest BCUT2D eigenvalue weighted by Gasteiger charge is 2.34. The molecule has 0 aliphatic carbocycles. The molecule has 1 atom stereocenters. The fourth-order valence-electron chi connectivity index (χ4n) is 1.65. The van der Waals surface area contributed by atoms with E-state index in [2.05, 4.69) is 29.5 Å². The van der Waals surface area contributed by atoms with Crippen LogP contribution in [0, 0.1) is 0 Å². The van der Waals surface area contributed by atoms with Crippen LogP contribution in [0.3, 0.4) is 0 Å². The average Bonchev–Trinajstić information content (AvgIpc) is 2.98. The molecule has 1 unspecified atom stereocenters. The topological polar surface area (TPSA) is 67.2 Å². The molecule has 11 heteroatoms. The Labute approximate surface area is 146 Å². The molecular formula is C13H11ClF3N4OPS. The summed E-state index contributed by atoms with van der Waals surface area (Å²) >= 11 is 6.57. The zero-order valence-electron chi connectivity index (χ0n) is 12.2. The maximum atomic E-state index is 12.8. The Morgan fingerprint density at radius 2 is 2.12 bits per heavy atom. The van der Waals surface area contributed by atoms with Crippen molar-refractivity contribution in [1.29, 1.82) is 0 Å². The van der Waals surface area contributed by atoms with E-state index < -0.39 is 22.7 Å². The normalized spacial score (nSPS) is 12.3. The van der Waals surface area contributed by atoms with E-state index in [-0.39, 0.29) is 10.7 Å². The smallest absolute Gasteiger partial charge is 0.306 e. The Morgan fingerprint density at radius 1 is 1.42 bits per heavy atom. The quantitative estimate of drug-likeness (QED) is 0.627. The molecule has 0 spiro atoms. The molecular weight excluding hydrogens is 384 g/mol. The number of rotatable bonds is 4. The first-order valence-corrected chi connectivity index (χ1v) is 8.45. The average molecular weight is 395 g/mol. The van der Waals surface area contributed by atoms with Crippen molar-refractivity contribution in [3.63, 3.8) is 0 Å². The zero-order valence-corrected chi connectivity index (χ0v) is 14.9. The lowest BCUT2D eigenvalue weighted by molar-refractivity contribution is -0.137. The van der Waals surface area contributed by atoms with E-state index >= 15 is 0 Å². The molecule has 0 saturated heterocycles. The molecule has 2 aromatic rings. The summed E-state index contributed by atoms with van der Waals surface area (Å²) in [5.74, 6) is -0.859. The summed E-state index contributed by atoms with van der Waals surface area (Å²) in [5, 5.41) is 2.32. The van der Waals surface area contributed by atoms with Crippen LogP contribution in [-0.2, 0) is 6.18 Å². The Balaban J connectivity index is 2.20. The second kappa shape index (κ2) is 7.55. The highest BCUT2D eigenvalue weighted by molar-refractivity contribution is 7.16. The molecule has 128 valence electrons. The van der Waals surface area contributed by atoms with Gasteiger partial charge in [-0.25, -0.2) is 9.97 Å². The van der Waals surface area contributed by atoms with Crippen LogP contribution in [0.15, 0.2) is 23.5 Å². The summed E-state index contributed by atoms with van der Waals surface area (Å²) < 4.78 is 38.4. The summed E-state index contributed by atoms with van der Waals surface area (Å²) in [6, 6.07) is 0.684. The predicted octanol–water partition coefficient (Wildman–Crippen LogP) is 4.10. The molecule has 0 aliphatic heterocycles. The molecule has 0 radical (unpaired) electrons. The van der Waals surface area contributed by atoms with Gasteiger partial charge in [-0.1, -0.05) is 11.6 Å². The van der Waals surface area contributed by atoms with Crippen molar-refractivity contribution in [2.45, 2.75) is 13.1 Å². The fourth-order valence-corrected chi connectivity index (χ4v) is 2.91. The first-order chi connectivity index (χ1) is 11.2. The third-order valence-electron chi connectivity index (χ3n) is 2.77. The summed E-state index contributed by atoms with van der Waals surface area (Å²) in [4.78, 5) is 24.2. The first-order valence-electron chi connectivity index (χ1n) is 6.43. The maximum Gasteiger partial charge on any atom is 0.418 e. The van der Waals surface area contributed by atoms with Crippen LogP contribution in [-0.4, -0.2) is 27.9 Å². The number of aliphatic imine (C=N–C) groups is 1. The van der Waals surface area contributed by atoms with Crippen LogP contribution in [0.1, 0.15) is 27.2 Å². The first kappa shape index (κ1) is 18.8. The third kappa shape index (κ3) is 4.49. The molecule has 2 rings (SSSR count). The molecule has 0 fully saturated rings. The number of amides is 1. The molecule has 2 aromatic heterocycles. The van der Waals surface area contributed by atoms with E-state index in [1.54, 1.807) is 6.92 Å². The van der Waals surface area contributed by atoms with Gasteiger partial charge in [-0.05, 0) is 13.0 Å². The summed E-state index contributed by atoms with van der Waals surface area (Å²) in [7, 11) is 2.44. The monoisotopic (exact) mass is 394 g/mol. The standard InChI is InChI=1S/C13H11ClF3N4OPS/c1-6(20-5-23)12-19-4-9(24-12)11(22)21-10-2-7(13(15,16)17)8(14)3-18-10/h2-4H,5,23H2,1H3,(H,18,21,22)/b20-6+. The Hall–Kier alpha value is -1.57. The van der Waals surface area contributed by atoms with Gasteiger partial charge in [-0.3, -0.25) is 9.79 Å². The van der Waals surface area contributed by atoms with E-state index in [0.717, 1.165) is 17.5 Å². The molecule has 1 amide bonds. The van der Waals surface area contributed by atoms with E-state index in [9.17, 15) is 18.0 Å². The molecule has 0 aromatic carbocycles. The largest absolute Gasteiger partial charge is 0.418 e. The van der Waals surface area contributed by atoms with Gasteiger partial charge in [0.25, 0.3) is 5.91 Å². The van der Waals surface area contributed by atoms with Crippen LogP contribution < -0.4 is 5.32 Å². The van der Waals surface area contributed by atoms with Gasteiger partial charge >= 0.3 is 6.18 Å². The lowest BCUT2D eigenvalue weighted by atomic mass is 10.2. The number of hydrogen-bond acceptors (Lipinski definition) is 5. The van der Waals surface area contributed by atoms with Gasteiger partial charge in [-0.2, -0.15) is 13.2 Å². The number of nitrogens with one attached hydrogen (secondary N) is 1. The zero-order chi connectivity index (χ0) is 17.9. The van der Waals surface area contributed by atoms with Crippen LogP contribution in [0.2, 0.25) is 5.02 Å². The number of aromatic nitrogens is 2. The number of thiazole rings is 1. The minimum absolute atomic E-state index is 0.230. The van der Waals surface area contributed by atoms with Gasteiger partial charge in [0.1, 0.15) is 15.7 Å². The Bertz CT molecular complexity index is 794. The predicted molar refractivity (Wildman–Crippen MR) is 91.1 cm³/mol. The second-order valence-electron chi connectivity index (χ2n) is 4.46. The van der Waals surface area contributed by atoms with Crippen molar-refractivity contribution >= 4 is 49.6 Å². The van der Waals surface area contributed by atoms with Crippen molar-refractivity contribution in [1.82, 2.24) is 9.97 Å². The molecule has 0 saturated carbocycles. The number of anilines is 1. The summed E-state index contributed by atoms with van der Waals surface area (Å²) in [6.07, 6.45) is -1.96. The Morgan fingerprint density at radius 3 is 2.75 bits per heavy atom. The van der Waals surface area contributed by atoms with Crippen molar-refractivity contribution in [3.8, 4) is 0 Å². The number of carbonyl (C=O) groups is 1. The van der Waals surface area contributed by atoms with Crippen molar-refractivity contribution in [2.24, 2.45) is 4.99 Å². The van der Waals surface area contributed by atoms with Crippen LogP contribution >= 0.6 is 32.2 Å². The van der Waals surface area contributed by atoms with Crippen molar-refractivity contribution in [3.05, 3.63) is 38.9 Å². The number of nitrogens with zero attached hydrogens (tertiary/aromatic N) is 3. The minimum Gasteiger partial charge on any atom is -0.306 e. The van der Waals surface area contributed by atoms with Gasteiger partial charge in [0.15, 0.2) is 0 Å². The lowest BCUT2D eigenvalue weighted by Crippen LogP contribution is -2.13. The van der Waals surface area contributed by atoms with Crippen LogP contribution in [0.25, 0.3) is 0 Å². The third-order valence-corrected chi connectivity index (χ3v) is 4.36. The van der Waals surface area contributed by atoms with Gasteiger partial charge < -0.3 is 5.32 Å². The number of hydrogen-bond donors (Lipinski definition) is 1. The Kier molecular flexibility index (Phi) is 5.90. The van der Waals surface area contributed by atoms with E-state index in [4.69, 9.17) is 11.6 Å². The van der Waals surface area contributed by atoms with Gasteiger partial charge in [0.05, 0.1) is 28.8 Å². The van der Waals surface area contributed by atoms with Gasteiger partial charge in [0.2, 0.25) is 0 Å². The van der Waals surface area contributed by atoms with Gasteiger partial charge in [-0.15, -0.1) is 20.6 Å². The van der Waals surface area contributed by atoms with Gasteiger partial charge in [0, 0.05) is 6.20 Å². The highest BCUT2D eigenvalue weighted by atomic mass is 35.5. The van der Waals surface area contributed by atoms with E-state index in [1.165, 1.54) is 6.20 Å². The molecule has 2 heterocycles. The minimum atomic E-state index is -4.64. The SMILES string of the molecule is C/C(=N\CP)c1ncc(C(=O)Nc2cc(C(F)(F)F)c(Cl)cn2)s1. The second-order valence-corrected chi connectivity index (χ2v) is 6.26. The number of alkyl halides is 3. The summed E-state index contributed by atoms with van der Waals surface area (Å²) in [5.41, 5.74) is -0.402. The number of pyridine rings is 1. The molecule has 0 aliphatic rings. The fraction of sp³-hybridized carbons (Fsp3) is 0.231. The summed E-state index contributed by atoms with van der Waals surface area (Å²) in [6.45, 7) is 1.75. The number of carbonyl (C=O) groups excluding carboxylic acids is 1. The van der Waals surface area contributed by atoms with Crippen molar-refractivity contribution in [2.75, 3.05) is 11.6 Å². The van der Waals surface area contributed by atoms with E-state index in [1.807, 2.05) is 0 Å².